The number of carboxylic acid groups (broad SMARTS) is 1. The van der Waals surface area contributed by atoms with Gasteiger partial charge in [-0.15, -0.1) is 0 Å². The van der Waals surface area contributed by atoms with Crippen LogP contribution in [0.1, 0.15) is 65.2 Å². The lowest BCUT2D eigenvalue weighted by Crippen LogP contribution is -2.50. The van der Waals surface area contributed by atoms with Crippen LogP contribution in [0.5, 0.6) is 0 Å². The van der Waals surface area contributed by atoms with Gasteiger partial charge in [0, 0.05) is 6.04 Å². The summed E-state index contributed by atoms with van der Waals surface area (Å²) in [6.07, 6.45) is 9.47. The van der Waals surface area contributed by atoms with Crippen LogP contribution in [-0.2, 0) is 4.79 Å². The second-order valence-corrected chi connectivity index (χ2v) is 6.87. The van der Waals surface area contributed by atoms with Gasteiger partial charge in [0.2, 0.25) is 0 Å². The molecule has 1 aliphatic carbocycles. The van der Waals surface area contributed by atoms with Crippen molar-refractivity contribution in [2.45, 2.75) is 71.3 Å². The summed E-state index contributed by atoms with van der Waals surface area (Å²) in [6.45, 7) is 6.75. The SMILES string of the molecule is CCCC1CCN(C2CC(CC)CCC2C(=O)O)CC1. The van der Waals surface area contributed by atoms with Crippen LogP contribution in [0.3, 0.4) is 0 Å². The van der Waals surface area contributed by atoms with E-state index in [2.05, 4.69) is 18.7 Å². The van der Waals surface area contributed by atoms with Crippen molar-refractivity contribution in [2.24, 2.45) is 17.8 Å². The quantitative estimate of drug-likeness (QED) is 0.833. The fourth-order valence-electron chi connectivity index (χ4n) is 4.28. The van der Waals surface area contributed by atoms with Crippen molar-refractivity contribution < 1.29 is 9.90 Å². The second-order valence-electron chi connectivity index (χ2n) is 6.87. The third-order valence-electron chi connectivity index (χ3n) is 5.63. The summed E-state index contributed by atoms with van der Waals surface area (Å²) in [6, 6.07) is 0.300. The van der Waals surface area contributed by atoms with Crippen LogP contribution >= 0.6 is 0 Å². The Morgan fingerprint density at radius 1 is 1.10 bits per heavy atom. The van der Waals surface area contributed by atoms with Crippen LogP contribution in [-0.4, -0.2) is 35.1 Å². The van der Waals surface area contributed by atoms with Crippen molar-refractivity contribution in [1.82, 2.24) is 4.90 Å². The molecule has 0 radical (unpaired) electrons. The molecular weight excluding hydrogens is 250 g/mol. The van der Waals surface area contributed by atoms with E-state index in [1.807, 2.05) is 0 Å². The first kappa shape index (κ1) is 15.8. The number of aliphatic carboxylic acids is 1. The minimum atomic E-state index is -0.569. The van der Waals surface area contributed by atoms with E-state index in [1.165, 1.54) is 32.1 Å². The maximum Gasteiger partial charge on any atom is 0.308 e. The number of likely N-dealkylation sites (tertiary alicyclic amines) is 1. The Balaban J connectivity index is 1.95. The summed E-state index contributed by atoms with van der Waals surface area (Å²) in [4.78, 5) is 14.0. The topological polar surface area (TPSA) is 40.5 Å². The van der Waals surface area contributed by atoms with Gasteiger partial charge in [-0.3, -0.25) is 9.69 Å². The molecule has 0 amide bonds. The van der Waals surface area contributed by atoms with E-state index in [4.69, 9.17) is 0 Å². The fourth-order valence-corrected chi connectivity index (χ4v) is 4.28. The lowest BCUT2D eigenvalue weighted by molar-refractivity contribution is -0.146. The van der Waals surface area contributed by atoms with Gasteiger partial charge in [-0.25, -0.2) is 0 Å². The van der Waals surface area contributed by atoms with Crippen LogP contribution in [0.25, 0.3) is 0 Å². The van der Waals surface area contributed by atoms with E-state index in [-0.39, 0.29) is 5.92 Å². The minimum Gasteiger partial charge on any atom is -0.481 e. The van der Waals surface area contributed by atoms with Gasteiger partial charge in [-0.1, -0.05) is 33.1 Å². The molecule has 1 N–H and O–H groups in total. The molecule has 0 aromatic carbocycles. The smallest absolute Gasteiger partial charge is 0.308 e. The number of carbonyl (C=O) groups is 1. The van der Waals surface area contributed by atoms with Gasteiger partial charge >= 0.3 is 5.97 Å². The predicted octanol–water partition coefficient (Wildman–Crippen LogP) is 3.78. The fraction of sp³-hybridized carbons (Fsp3) is 0.941. The van der Waals surface area contributed by atoms with Crippen molar-refractivity contribution in [3.05, 3.63) is 0 Å². The van der Waals surface area contributed by atoms with E-state index in [0.29, 0.717) is 6.04 Å². The molecular formula is C17H31NO2. The summed E-state index contributed by atoms with van der Waals surface area (Å²) in [5, 5.41) is 9.51. The van der Waals surface area contributed by atoms with Crippen LogP contribution < -0.4 is 0 Å². The molecule has 2 aliphatic rings. The van der Waals surface area contributed by atoms with Gasteiger partial charge in [0.25, 0.3) is 0 Å². The van der Waals surface area contributed by atoms with E-state index in [0.717, 1.165) is 44.2 Å². The first-order chi connectivity index (χ1) is 9.65. The average Bonchev–Trinajstić information content (AvgIpc) is 2.47. The maximum atomic E-state index is 11.5. The molecule has 1 aliphatic heterocycles. The molecule has 116 valence electrons. The van der Waals surface area contributed by atoms with Crippen LogP contribution in [0, 0.1) is 17.8 Å². The summed E-state index contributed by atoms with van der Waals surface area (Å²) in [5.74, 6) is 0.926. The molecule has 0 aromatic rings. The number of carboxylic acids is 1. The van der Waals surface area contributed by atoms with Crippen molar-refractivity contribution in [1.29, 1.82) is 0 Å². The highest BCUT2D eigenvalue weighted by Gasteiger charge is 2.38. The highest BCUT2D eigenvalue weighted by atomic mass is 16.4. The zero-order chi connectivity index (χ0) is 14.5. The molecule has 0 spiro atoms. The monoisotopic (exact) mass is 281 g/mol. The Hall–Kier alpha value is -0.570. The molecule has 3 atom stereocenters. The molecule has 3 heteroatoms. The zero-order valence-corrected chi connectivity index (χ0v) is 13.2. The molecule has 3 unspecified atom stereocenters. The molecule has 0 aromatic heterocycles. The molecule has 2 rings (SSSR count). The van der Waals surface area contributed by atoms with Gasteiger partial charge in [0.05, 0.1) is 5.92 Å². The van der Waals surface area contributed by atoms with Gasteiger partial charge in [0.1, 0.15) is 0 Å². The lowest BCUT2D eigenvalue weighted by atomic mass is 9.75. The zero-order valence-electron chi connectivity index (χ0n) is 13.2. The molecule has 0 bridgehead atoms. The Kier molecular flexibility index (Phi) is 5.88. The first-order valence-electron chi connectivity index (χ1n) is 8.62. The Morgan fingerprint density at radius 2 is 1.80 bits per heavy atom. The number of nitrogens with zero attached hydrogens (tertiary/aromatic N) is 1. The van der Waals surface area contributed by atoms with Gasteiger partial charge in [0.15, 0.2) is 0 Å². The summed E-state index contributed by atoms with van der Waals surface area (Å²) < 4.78 is 0. The summed E-state index contributed by atoms with van der Waals surface area (Å²) >= 11 is 0. The molecule has 3 nitrogen and oxygen atoms in total. The highest BCUT2D eigenvalue weighted by molar-refractivity contribution is 5.71. The molecule has 20 heavy (non-hydrogen) atoms. The van der Waals surface area contributed by atoms with Crippen molar-refractivity contribution in [2.75, 3.05) is 13.1 Å². The van der Waals surface area contributed by atoms with Gasteiger partial charge < -0.3 is 5.11 Å². The Bertz CT molecular complexity index is 310. The van der Waals surface area contributed by atoms with Crippen molar-refractivity contribution in [3.63, 3.8) is 0 Å². The largest absolute Gasteiger partial charge is 0.481 e. The lowest BCUT2D eigenvalue weighted by Gasteiger charge is -2.44. The Morgan fingerprint density at radius 3 is 2.35 bits per heavy atom. The van der Waals surface area contributed by atoms with E-state index < -0.39 is 5.97 Å². The van der Waals surface area contributed by atoms with Gasteiger partial charge in [-0.2, -0.15) is 0 Å². The maximum absolute atomic E-state index is 11.5. The van der Waals surface area contributed by atoms with Crippen LogP contribution in [0.2, 0.25) is 0 Å². The third-order valence-corrected chi connectivity index (χ3v) is 5.63. The average molecular weight is 281 g/mol. The Labute approximate surface area is 123 Å². The molecule has 1 heterocycles. The van der Waals surface area contributed by atoms with Gasteiger partial charge in [-0.05, 0) is 57.0 Å². The molecule has 1 saturated carbocycles. The van der Waals surface area contributed by atoms with Crippen LogP contribution in [0.15, 0.2) is 0 Å². The predicted molar refractivity (Wildman–Crippen MR) is 81.8 cm³/mol. The number of hydrogen-bond acceptors (Lipinski definition) is 2. The molecule has 2 fully saturated rings. The highest BCUT2D eigenvalue weighted by Crippen LogP contribution is 2.36. The number of hydrogen-bond donors (Lipinski definition) is 1. The van der Waals surface area contributed by atoms with Crippen molar-refractivity contribution >= 4 is 5.97 Å². The molecule has 1 saturated heterocycles. The minimum absolute atomic E-state index is 0.125. The number of piperidine rings is 1. The summed E-state index contributed by atoms with van der Waals surface area (Å²) in [5.41, 5.74) is 0. The summed E-state index contributed by atoms with van der Waals surface area (Å²) in [7, 11) is 0. The van der Waals surface area contributed by atoms with Crippen molar-refractivity contribution in [3.8, 4) is 0 Å². The normalized spacial score (nSPS) is 33.2. The van der Waals surface area contributed by atoms with E-state index >= 15 is 0 Å². The first-order valence-corrected chi connectivity index (χ1v) is 8.62. The standard InChI is InChI=1S/C17H31NO2/c1-3-5-14-8-10-18(11-9-14)16-12-13(4-2)6-7-15(16)17(19)20/h13-16H,3-12H2,1-2H3,(H,19,20). The van der Waals surface area contributed by atoms with Crippen LogP contribution in [0.4, 0.5) is 0 Å². The van der Waals surface area contributed by atoms with E-state index in [9.17, 15) is 9.90 Å². The second kappa shape index (κ2) is 7.44. The van der Waals surface area contributed by atoms with E-state index in [1.54, 1.807) is 0 Å². The number of rotatable bonds is 5. The third kappa shape index (κ3) is 3.75.